The van der Waals surface area contributed by atoms with Gasteiger partial charge in [-0.05, 0) is 38.1 Å². The number of aliphatic hydroxyl groups is 1. The van der Waals surface area contributed by atoms with Gasteiger partial charge in [0.05, 0.1) is 6.61 Å². The summed E-state index contributed by atoms with van der Waals surface area (Å²) < 4.78 is 0. The fraction of sp³-hybridized carbons (Fsp3) is 1.00. The molecule has 0 aromatic carbocycles. The van der Waals surface area contributed by atoms with Crippen LogP contribution in [-0.4, -0.2) is 48.3 Å². The highest BCUT2D eigenvalue weighted by Crippen LogP contribution is 2.20. The summed E-state index contributed by atoms with van der Waals surface area (Å²) in [6.45, 7) is 6.06. The van der Waals surface area contributed by atoms with E-state index in [1.807, 2.05) is 0 Å². The van der Waals surface area contributed by atoms with Crippen molar-refractivity contribution in [1.82, 2.24) is 10.2 Å². The second-order valence-electron chi connectivity index (χ2n) is 5.33. The Labute approximate surface area is 92.8 Å². The molecule has 0 amide bonds. The quantitative estimate of drug-likeness (QED) is 0.708. The highest BCUT2D eigenvalue weighted by atomic mass is 16.3. The smallest absolute Gasteiger partial charge is 0.0597 e. The number of hydrogen-bond donors (Lipinski definition) is 2. The number of piperidine rings is 1. The Morgan fingerprint density at radius 3 is 2.80 bits per heavy atom. The topological polar surface area (TPSA) is 35.5 Å². The molecule has 0 aromatic heterocycles. The van der Waals surface area contributed by atoms with E-state index in [0.29, 0.717) is 12.1 Å². The molecule has 1 aliphatic carbocycles. The van der Waals surface area contributed by atoms with Gasteiger partial charge < -0.3 is 15.3 Å². The van der Waals surface area contributed by atoms with Crippen LogP contribution in [0.2, 0.25) is 0 Å². The first-order valence-corrected chi connectivity index (χ1v) is 6.37. The lowest BCUT2D eigenvalue weighted by atomic mass is 10.00. The molecule has 2 aliphatic rings. The molecule has 0 spiro atoms. The highest BCUT2D eigenvalue weighted by molar-refractivity contribution is 4.86. The van der Waals surface area contributed by atoms with Gasteiger partial charge in [0.1, 0.15) is 0 Å². The second-order valence-corrected chi connectivity index (χ2v) is 5.33. The zero-order valence-corrected chi connectivity index (χ0v) is 9.78. The zero-order valence-electron chi connectivity index (χ0n) is 9.78. The molecule has 3 heteroatoms. The minimum absolute atomic E-state index is 0.279. The summed E-state index contributed by atoms with van der Waals surface area (Å²) in [5.41, 5.74) is 0. The molecule has 2 rings (SSSR count). The van der Waals surface area contributed by atoms with E-state index in [9.17, 15) is 5.11 Å². The molecule has 1 aliphatic heterocycles. The fourth-order valence-electron chi connectivity index (χ4n) is 2.51. The first-order valence-electron chi connectivity index (χ1n) is 6.37. The lowest BCUT2D eigenvalue weighted by molar-refractivity contribution is 0.139. The Morgan fingerprint density at radius 2 is 2.20 bits per heavy atom. The van der Waals surface area contributed by atoms with Crippen molar-refractivity contribution < 1.29 is 5.11 Å². The first kappa shape index (κ1) is 11.4. The molecule has 2 N–H and O–H groups in total. The maximum absolute atomic E-state index is 9.31. The number of hydrogen-bond acceptors (Lipinski definition) is 3. The van der Waals surface area contributed by atoms with Crippen molar-refractivity contribution in [2.24, 2.45) is 5.92 Å². The molecule has 88 valence electrons. The number of rotatable bonds is 5. The SMILES string of the molecule is CC1CCCN(CC(CO)NC2CC2)C1. The average molecular weight is 212 g/mol. The molecular formula is C12H24N2O. The van der Waals surface area contributed by atoms with E-state index in [1.54, 1.807) is 0 Å². The summed E-state index contributed by atoms with van der Waals surface area (Å²) in [5, 5.41) is 12.8. The van der Waals surface area contributed by atoms with E-state index in [0.717, 1.165) is 12.5 Å². The summed E-state index contributed by atoms with van der Waals surface area (Å²) in [6.07, 6.45) is 5.29. The molecule has 3 nitrogen and oxygen atoms in total. The van der Waals surface area contributed by atoms with Gasteiger partial charge in [-0.25, -0.2) is 0 Å². The van der Waals surface area contributed by atoms with Crippen LogP contribution < -0.4 is 5.32 Å². The molecule has 2 fully saturated rings. The Balaban J connectivity index is 1.72. The van der Waals surface area contributed by atoms with Crippen molar-refractivity contribution in [3.05, 3.63) is 0 Å². The number of likely N-dealkylation sites (tertiary alicyclic amines) is 1. The van der Waals surface area contributed by atoms with Gasteiger partial charge in [-0.1, -0.05) is 6.92 Å². The predicted molar refractivity (Wildman–Crippen MR) is 61.9 cm³/mol. The van der Waals surface area contributed by atoms with Gasteiger partial charge >= 0.3 is 0 Å². The van der Waals surface area contributed by atoms with Gasteiger partial charge in [-0.15, -0.1) is 0 Å². The highest BCUT2D eigenvalue weighted by Gasteiger charge is 2.26. The average Bonchev–Trinajstić information content (AvgIpc) is 3.01. The van der Waals surface area contributed by atoms with Crippen molar-refractivity contribution in [3.8, 4) is 0 Å². The normalized spacial score (nSPS) is 30.4. The van der Waals surface area contributed by atoms with Gasteiger partial charge in [0, 0.05) is 25.2 Å². The van der Waals surface area contributed by atoms with Crippen LogP contribution in [0.15, 0.2) is 0 Å². The molecule has 1 saturated heterocycles. The van der Waals surface area contributed by atoms with Crippen LogP contribution >= 0.6 is 0 Å². The minimum Gasteiger partial charge on any atom is -0.395 e. The third-order valence-corrected chi connectivity index (χ3v) is 3.49. The molecule has 2 unspecified atom stereocenters. The molecule has 1 saturated carbocycles. The van der Waals surface area contributed by atoms with Gasteiger partial charge in [0.15, 0.2) is 0 Å². The largest absolute Gasteiger partial charge is 0.395 e. The van der Waals surface area contributed by atoms with Crippen molar-refractivity contribution in [2.45, 2.75) is 44.7 Å². The van der Waals surface area contributed by atoms with Crippen LogP contribution in [0, 0.1) is 5.92 Å². The van der Waals surface area contributed by atoms with Crippen LogP contribution in [0.4, 0.5) is 0 Å². The van der Waals surface area contributed by atoms with E-state index in [4.69, 9.17) is 0 Å². The molecular weight excluding hydrogens is 188 g/mol. The van der Waals surface area contributed by atoms with E-state index >= 15 is 0 Å². The maximum Gasteiger partial charge on any atom is 0.0597 e. The molecule has 2 atom stereocenters. The van der Waals surface area contributed by atoms with Gasteiger partial charge in [0.2, 0.25) is 0 Å². The summed E-state index contributed by atoms with van der Waals surface area (Å²) >= 11 is 0. The molecule has 0 radical (unpaired) electrons. The molecule has 15 heavy (non-hydrogen) atoms. The molecule has 1 heterocycles. The fourth-order valence-corrected chi connectivity index (χ4v) is 2.51. The zero-order chi connectivity index (χ0) is 10.7. The third kappa shape index (κ3) is 3.74. The lowest BCUT2D eigenvalue weighted by Gasteiger charge is -2.33. The maximum atomic E-state index is 9.31. The van der Waals surface area contributed by atoms with Crippen molar-refractivity contribution >= 4 is 0 Å². The van der Waals surface area contributed by atoms with Gasteiger partial charge in [0.25, 0.3) is 0 Å². The summed E-state index contributed by atoms with van der Waals surface area (Å²) in [7, 11) is 0. The number of nitrogens with zero attached hydrogens (tertiary/aromatic N) is 1. The Hall–Kier alpha value is -0.120. The Kier molecular flexibility index (Phi) is 4.00. The second kappa shape index (κ2) is 5.28. The minimum atomic E-state index is 0.279. The van der Waals surface area contributed by atoms with Crippen LogP contribution in [0.25, 0.3) is 0 Å². The van der Waals surface area contributed by atoms with E-state index in [1.165, 1.54) is 38.8 Å². The summed E-state index contributed by atoms with van der Waals surface area (Å²) in [6, 6.07) is 0.993. The van der Waals surface area contributed by atoms with Crippen molar-refractivity contribution in [1.29, 1.82) is 0 Å². The van der Waals surface area contributed by atoms with E-state index in [2.05, 4.69) is 17.1 Å². The summed E-state index contributed by atoms with van der Waals surface area (Å²) in [5.74, 6) is 0.832. The predicted octanol–water partition coefficient (Wildman–Crippen LogP) is 0.831. The van der Waals surface area contributed by atoms with Crippen LogP contribution in [-0.2, 0) is 0 Å². The van der Waals surface area contributed by atoms with Crippen LogP contribution in [0.5, 0.6) is 0 Å². The lowest BCUT2D eigenvalue weighted by Crippen LogP contribution is -2.47. The van der Waals surface area contributed by atoms with Crippen LogP contribution in [0.3, 0.4) is 0 Å². The summed E-state index contributed by atoms with van der Waals surface area (Å²) in [4.78, 5) is 2.50. The molecule has 0 bridgehead atoms. The standard InChI is InChI=1S/C12H24N2O/c1-10-3-2-6-14(7-10)8-12(9-15)13-11-4-5-11/h10-13,15H,2-9H2,1H3. The number of nitrogens with one attached hydrogen (secondary N) is 1. The molecule has 0 aromatic rings. The van der Waals surface area contributed by atoms with E-state index in [-0.39, 0.29) is 6.61 Å². The van der Waals surface area contributed by atoms with Gasteiger partial charge in [-0.2, -0.15) is 0 Å². The first-order chi connectivity index (χ1) is 7.28. The van der Waals surface area contributed by atoms with Crippen molar-refractivity contribution in [2.75, 3.05) is 26.2 Å². The monoisotopic (exact) mass is 212 g/mol. The van der Waals surface area contributed by atoms with Crippen LogP contribution in [0.1, 0.15) is 32.6 Å². The van der Waals surface area contributed by atoms with E-state index < -0.39 is 0 Å². The van der Waals surface area contributed by atoms with Crippen molar-refractivity contribution in [3.63, 3.8) is 0 Å². The number of aliphatic hydroxyl groups excluding tert-OH is 1. The van der Waals surface area contributed by atoms with Gasteiger partial charge in [-0.3, -0.25) is 0 Å². The third-order valence-electron chi connectivity index (χ3n) is 3.49. The Morgan fingerprint density at radius 1 is 1.40 bits per heavy atom. The Bertz CT molecular complexity index is 192.